The highest BCUT2D eigenvalue weighted by Crippen LogP contribution is 2.41. The van der Waals surface area contributed by atoms with Gasteiger partial charge in [-0.05, 0) is 18.8 Å². The van der Waals surface area contributed by atoms with E-state index in [1.807, 2.05) is 11.6 Å². The van der Waals surface area contributed by atoms with Crippen LogP contribution in [0, 0.1) is 5.92 Å². The zero-order valence-electron chi connectivity index (χ0n) is 6.91. The Bertz CT molecular complexity index is 248. The first-order chi connectivity index (χ1) is 5.27. The molecule has 0 bridgehead atoms. The summed E-state index contributed by atoms with van der Waals surface area (Å²) >= 11 is 0. The van der Waals surface area contributed by atoms with Gasteiger partial charge >= 0.3 is 0 Å². The predicted octanol–water partition coefficient (Wildman–Crippen LogP) is 1.29. The van der Waals surface area contributed by atoms with E-state index < -0.39 is 0 Å². The summed E-state index contributed by atoms with van der Waals surface area (Å²) in [5, 5.41) is 7.93. The molecule has 0 unspecified atom stereocenters. The van der Waals surface area contributed by atoms with Gasteiger partial charge in [-0.1, -0.05) is 6.92 Å². The van der Waals surface area contributed by atoms with Crippen molar-refractivity contribution in [2.75, 3.05) is 0 Å². The van der Waals surface area contributed by atoms with Gasteiger partial charge in [-0.2, -0.15) is 0 Å². The maximum atomic E-state index is 4.07. The summed E-state index contributed by atoms with van der Waals surface area (Å²) in [5.74, 6) is 3.36. The second kappa shape index (κ2) is 2.32. The van der Waals surface area contributed by atoms with E-state index in [9.17, 15) is 0 Å². The molecule has 0 amide bonds. The molecule has 2 rings (SSSR count). The first-order valence-electron chi connectivity index (χ1n) is 3.92. The van der Waals surface area contributed by atoms with E-state index >= 15 is 0 Å². The van der Waals surface area contributed by atoms with Gasteiger partial charge in [-0.3, -0.25) is 0 Å². The number of hydrogen-bond acceptors (Lipinski definition) is 2. The topological polar surface area (TPSA) is 30.7 Å². The number of nitrogens with zero attached hydrogens (tertiary/aromatic N) is 3. The van der Waals surface area contributed by atoms with Crippen LogP contribution in [0.5, 0.6) is 0 Å². The predicted molar refractivity (Wildman–Crippen MR) is 41.9 cm³/mol. The Morgan fingerprint density at radius 2 is 2.27 bits per heavy atom. The summed E-state index contributed by atoms with van der Waals surface area (Å²) in [7, 11) is 2.00. The lowest BCUT2D eigenvalue weighted by molar-refractivity contribution is 0.435. The minimum absolute atomic E-state index is 0.641. The lowest BCUT2D eigenvalue weighted by Gasteiger charge is -2.30. The van der Waals surface area contributed by atoms with E-state index in [4.69, 9.17) is 0 Å². The molecule has 1 aliphatic carbocycles. The quantitative estimate of drug-likeness (QED) is 0.604. The fraction of sp³-hybridized carbons (Fsp3) is 0.625. The Morgan fingerprint density at radius 3 is 2.73 bits per heavy atom. The molecular formula is C8H12N3. The van der Waals surface area contributed by atoms with Crippen molar-refractivity contribution in [2.45, 2.75) is 25.7 Å². The molecule has 1 aromatic heterocycles. The van der Waals surface area contributed by atoms with Gasteiger partial charge in [-0.15, -0.1) is 10.2 Å². The van der Waals surface area contributed by atoms with E-state index in [1.54, 1.807) is 12.2 Å². The minimum Gasteiger partial charge on any atom is -0.320 e. The minimum atomic E-state index is 0.641. The third kappa shape index (κ3) is 1.04. The second-order valence-corrected chi connectivity index (χ2v) is 3.36. The summed E-state index contributed by atoms with van der Waals surface area (Å²) in [6, 6.07) is 0. The molecule has 1 aliphatic rings. The van der Waals surface area contributed by atoms with Gasteiger partial charge in [0.1, 0.15) is 12.2 Å². The van der Waals surface area contributed by atoms with Gasteiger partial charge in [0.05, 0.1) is 0 Å². The normalized spacial score (nSPS) is 20.2. The Morgan fingerprint density at radius 1 is 1.55 bits per heavy atom. The summed E-state index contributed by atoms with van der Waals surface area (Å²) < 4.78 is 2.01. The fourth-order valence-electron chi connectivity index (χ4n) is 1.63. The van der Waals surface area contributed by atoms with Crippen molar-refractivity contribution < 1.29 is 0 Å². The van der Waals surface area contributed by atoms with Crippen molar-refractivity contribution >= 4 is 0 Å². The van der Waals surface area contributed by atoms with Gasteiger partial charge in [-0.25, -0.2) is 0 Å². The van der Waals surface area contributed by atoms with Crippen LogP contribution < -0.4 is 0 Å². The average molecular weight is 150 g/mol. The highest BCUT2D eigenvalue weighted by Gasteiger charge is 2.30. The van der Waals surface area contributed by atoms with E-state index in [-0.39, 0.29) is 0 Å². The first kappa shape index (κ1) is 6.83. The van der Waals surface area contributed by atoms with Crippen LogP contribution in [0.4, 0.5) is 0 Å². The van der Waals surface area contributed by atoms with Gasteiger partial charge in [0.25, 0.3) is 0 Å². The molecule has 11 heavy (non-hydrogen) atoms. The van der Waals surface area contributed by atoms with Gasteiger partial charge in [0.15, 0.2) is 0 Å². The third-order valence-corrected chi connectivity index (χ3v) is 2.30. The molecule has 3 nitrogen and oxygen atoms in total. The van der Waals surface area contributed by atoms with Crippen LogP contribution in [0.25, 0.3) is 0 Å². The molecule has 59 valence electrons. The summed E-state index contributed by atoms with van der Waals surface area (Å²) in [5.41, 5.74) is 0. The summed E-state index contributed by atoms with van der Waals surface area (Å²) in [4.78, 5) is 0. The van der Waals surface area contributed by atoms with Crippen LogP contribution in [-0.2, 0) is 7.05 Å². The Balaban J connectivity index is 2.12. The van der Waals surface area contributed by atoms with Crippen molar-refractivity contribution in [1.29, 1.82) is 0 Å². The van der Waals surface area contributed by atoms with Crippen LogP contribution in [0.1, 0.15) is 31.5 Å². The van der Waals surface area contributed by atoms with Crippen LogP contribution in [-0.4, -0.2) is 14.8 Å². The number of hydrogen-bond donors (Lipinski definition) is 0. The highest BCUT2D eigenvalue weighted by molar-refractivity contribution is 5.13. The molecule has 1 heterocycles. The van der Waals surface area contributed by atoms with Crippen LogP contribution in [0.3, 0.4) is 0 Å². The van der Waals surface area contributed by atoms with E-state index in [0.29, 0.717) is 5.92 Å². The van der Waals surface area contributed by atoms with Crippen molar-refractivity contribution in [3.63, 3.8) is 0 Å². The third-order valence-electron chi connectivity index (χ3n) is 2.30. The fourth-order valence-corrected chi connectivity index (χ4v) is 1.63. The van der Waals surface area contributed by atoms with Crippen molar-refractivity contribution in [3.05, 3.63) is 18.1 Å². The van der Waals surface area contributed by atoms with Gasteiger partial charge in [0, 0.05) is 13.0 Å². The Kier molecular flexibility index (Phi) is 1.44. The molecule has 0 aromatic carbocycles. The number of rotatable bonds is 1. The Labute approximate surface area is 66.4 Å². The molecule has 0 N–H and O–H groups in total. The molecule has 1 aromatic rings. The van der Waals surface area contributed by atoms with Crippen molar-refractivity contribution in [2.24, 2.45) is 7.05 Å². The zero-order chi connectivity index (χ0) is 7.84. The average Bonchev–Trinajstić information content (AvgIpc) is 2.29. The van der Waals surface area contributed by atoms with Crippen molar-refractivity contribution in [3.8, 4) is 0 Å². The SMILES string of the molecule is C[C]1CC(c2nncn2C)C1. The maximum absolute atomic E-state index is 4.07. The molecule has 0 spiro atoms. The molecule has 0 saturated heterocycles. The Hall–Kier alpha value is -0.860. The molecule has 0 atom stereocenters. The van der Waals surface area contributed by atoms with E-state index in [2.05, 4.69) is 17.1 Å². The zero-order valence-corrected chi connectivity index (χ0v) is 6.91. The standard InChI is InChI=1S/C8H12N3/c1-6-3-7(4-6)8-10-9-5-11(8)2/h5,7H,3-4H2,1-2H3. The molecule has 0 aliphatic heterocycles. The molecule has 1 fully saturated rings. The first-order valence-corrected chi connectivity index (χ1v) is 3.92. The monoisotopic (exact) mass is 150 g/mol. The summed E-state index contributed by atoms with van der Waals surface area (Å²) in [6.45, 7) is 2.20. The molecule has 1 radical (unpaired) electrons. The van der Waals surface area contributed by atoms with Crippen LogP contribution in [0.2, 0.25) is 0 Å². The lowest BCUT2D eigenvalue weighted by Crippen LogP contribution is -2.20. The van der Waals surface area contributed by atoms with Gasteiger partial charge < -0.3 is 4.57 Å². The van der Waals surface area contributed by atoms with Crippen LogP contribution >= 0.6 is 0 Å². The molecule has 3 heteroatoms. The van der Waals surface area contributed by atoms with E-state index in [1.165, 1.54) is 12.8 Å². The smallest absolute Gasteiger partial charge is 0.135 e. The largest absolute Gasteiger partial charge is 0.320 e. The summed E-state index contributed by atoms with van der Waals surface area (Å²) in [6.07, 6.45) is 4.17. The number of aromatic nitrogens is 3. The van der Waals surface area contributed by atoms with Crippen LogP contribution in [0.15, 0.2) is 6.33 Å². The number of aryl methyl sites for hydroxylation is 1. The lowest BCUT2D eigenvalue weighted by atomic mass is 9.76. The van der Waals surface area contributed by atoms with Gasteiger partial charge in [0.2, 0.25) is 0 Å². The van der Waals surface area contributed by atoms with E-state index in [0.717, 1.165) is 5.82 Å². The molecule has 1 saturated carbocycles. The van der Waals surface area contributed by atoms with Crippen molar-refractivity contribution in [1.82, 2.24) is 14.8 Å². The molecular weight excluding hydrogens is 138 g/mol. The second-order valence-electron chi connectivity index (χ2n) is 3.36. The maximum Gasteiger partial charge on any atom is 0.135 e. The highest BCUT2D eigenvalue weighted by atomic mass is 15.2.